The first-order valence-corrected chi connectivity index (χ1v) is 16.6. The molecule has 1 aliphatic carbocycles. The highest BCUT2D eigenvalue weighted by molar-refractivity contribution is 7.92. The van der Waals surface area contributed by atoms with Gasteiger partial charge in [-0.15, -0.1) is 0 Å². The maximum absolute atomic E-state index is 14.3. The Morgan fingerprint density at radius 2 is 1.70 bits per heavy atom. The molecule has 8 nitrogen and oxygen atoms in total. The van der Waals surface area contributed by atoms with Crippen molar-refractivity contribution >= 4 is 50.7 Å². The molecule has 43 heavy (non-hydrogen) atoms. The van der Waals surface area contributed by atoms with Crippen LogP contribution in [0.1, 0.15) is 51.0 Å². The van der Waals surface area contributed by atoms with Crippen LogP contribution in [0.4, 0.5) is 5.69 Å². The quantitative estimate of drug-likeness (QED) is 0.244. The first-order chi connectivity index (χ1) is 20.6. The van der Waals surface area contributed by atoms with Gasteiger partial charge in [0.2, 0.25) is 11.8 Å². The van der Waals surface area contributed by atoms with E-state index in [0.29, 0.717) is 12.2 Å². The van der Waals surface area contributed by atoms with Crippen molar-refractivity contribution in [2.24, 2.45) is 0 Å². The maximum atomic E-state index is 14.3. The molecule has 0 unspecified atom stereocenters. The summed E-state index contributed by atoms with van der Waals surface area (Å²) in [5, 5.41) is 3.51. The molecule has 0 radical (unpaired) electrons. The summed E-state index contributed by atoms with van der Waals surface area (Å²) >= 11 is 12.8. The van der Waals surface area contributed by atoms with Crippen LogP contribution in [-0.4, -0.2) is 50.9 Å². The van der Waals surface area contributed by atoms with Crippen molar-refractivity contribution in [3.63, 3.8) is 0 Å². The maximum Gasteiger partial charge on any atom is 0.264 e. The molecule has 0 heterocycles. The van der Waals surface area contributed by atoms with Crippen LogP contribution in [0.3, 0.4) is 0 Å². The number of anilines is 1. The molecule has 11 heteroatoms. The Kier molecular flexibility index (Phi) is 11.3. The monoisotopic (exact) mass is 645 g/mol. The Morgan fingerprint density at radius 1 is 0.977 bits per heavy atom. The summed E-state index contributed by atoms with van der Waals surface area (Å²) in [6, 6.07) is 18.7. The van der Waals surface area contributed by atoms with Crippen LogP contribution >= 0.6 is 23.2 Å². The molecule has 3 aromatic carbocycles. The third-order valence-corrected chi connectivity index (χ3v) is 9.94. The van der Waals surface area contributed by atoms with Crippen LogP contribution in [-0.2, 0) is 26.2 Å². The number of carbonyl (C=O) groups is 2. The lowest BCUT2D eigenvalue weighted by Gasteiger charge is -2.34. The van der Waals surface area contributed by atoms with E-state index in [-0.39, 0.29) is 39.1 Å². The number of hydrogen-bond acceptors (Lipinski definition) is 5. The Morgan fingerprint density at radius 3 is 2.37 bits per heavy atom. The second-order valence-electron chi connectivity index (χ2n) is 10.6. The zero-order chi connectivity index (χ0) is 31.0. The molecule has 4 rings (SSSR count). The van der Waals surface area contributed by atoms with E-state index in [4.69, 9.17) is 27.9 Å². The lowest BCUT2D eigenvalue weighted by molar-refractivity contribution is -0.140. The van der Waals surface area contributed by atoms with Crippen LogP contribution in [0.25, 0.3) is 0 Å². The fourth-order valence-corrected chi connectivity index (χ4v) is 7.22. The van der Waals surface area contributed by atoms with Gasteiger partial charge in [0.25, 0.3) is 10.0 Å². The molecule has 1 N–H and O–H groups in total. The summed E-state index contributed by atoms with van der Waals surface area (Å²) in [7, 11) is -2.71. The molecular weight excluding hydrogens is 609 g/mol. The number of benzene rings is 3. The number of nitrogens with zero attached hydrogens (tertiary/aromatic N) is 2. The first kappa shape index (κ1) is 32.6. The second kappa shape index (κ2) is 14.9. The van der Waals surface area contributed by atoms with Crippen molar-refractivity contribution < 1.29 is 22.7 Å². The number of halogens is 2. The van der Waals surface area contributed by atoms with E-state index in [1.807, 2.05) is 13.0 Å². The number of hydrogen-bond donors (Lipinski definition) is 1. The van der Waals surface area contributed by atoms with Crippen LogP contribution in [0.2, 0.25) is 10.0 Å². The van der Waals surface area contributed by atoms with Crippen molar-refractivity contribution in [1.82, 2.24) is 10.2 Å². The van der Waals surface area contributed by atoms with E-state index >= 15 is 0 Å². The van der Waals surface area contributed by atoms with Gasteiger partial charge in [-0.1, -0.05) is 79.7 Å². The van der Waals surface area contributed by atoms with Crippen molar-refractivity contribution in [1.29, 1.82) is 0 Å². The Hall–Kier alpha value is -3.27. The second-order valence-corrected chi connectivity index (χ2v) is 13.3. The van der Waals surface area contributed by atoms with E-state index in [0.717, 1.165) is 42.0 Å². The predicted molar refractivity (Wildman–Crippen MR) is 170 cm³/mol. The standard InChI is InChI=1S/C32H37Cl2N3O5S/c1-3-29(32(39)35-25-12-6-4-7-13-25)36(21-23-11-10-14-26(19-23)42-2)31(38)22-37(30-20-24(33)17-18-28(30)34)43(40,41)27-15-8-5-9-16-27/h5,8-11,14-20,25,29H,3-4,6-7,12-13,21-22H2,1-2H3,(H,35,39)/t29-/m0/s1. The molecule has 0 aromatic heterocycles. The highest BCUT2D eigenvalue weighted by Gasteiger charge is 2.35. The number of amides is 2. The Bertz CT molecular complexity index is 1510. The zero-order valence-electron chi connectivity index (χ0n) is 24.3. The highest BCUT2D eigenvalue weighted by Crippen LogP contribution is 2.33. The SMILES string of the molecule is CC[C@@H](C(=O)NC1CCCCC1)N(Cc1cccc(OC)c1)C(=O)CN(c1cc(Cl)ccc1Cl)S(=O)(=O)c1ccccc1. The van der Waals surface area contributed by atoms with Gasteiger partial charge >= 0.3 is 0 Å². The lowest BCUT2D eigenvalue weighted by atomic mass is 9.95. The fraction of sp³-hybridized carbons (Fsp3) is 0.375. The molecule has 0 saturated heterocycles. The number of nitrogens with one attached hydrogen (secondary N) is 1. The van der Waals surface area contributed by atoms with E-state index in [9.17, 15) is 18.0 Å². The number of sulfonamides is 1. The molecule has 230 valence electrons. The zero-order valence-corrected chi connectivity index (χ0v) is 26.7. The number of carbonyl (C=O) groups excluding carboxylic acids is 2. The Labute approximate surface area is 264 Å². The van der Waals surface area contributed by atoms with E-state index in [2.05, 4.69) is 5.32 Å². The van der Waals surface area contributed by atoms with Crippen LogP contribution in [0.15, 0.2) is 77.7 Å². The molecule has 1 aliphatic rings. The molecule has 0 spiro atoms. The smallest absolute Gasteiger partial charge is 0.264 e. The molecular formula is C32H37Cl2N3O5S. The van der Waals surface area contributed by atoms with E-state index < -0.39 is 28.5 Å². The third-order valence-electron chi connectivity index (χ3n) is 7.61. The fourth-order valence-electron chi connectivity index (χ4n) is 5.34. The average Bonchev–Trinajstić information content (AvgIpc) is 3.02. The van der Waals surface area contributed by atoms with Gasteiger partial charge in [0.05, 0.1) is 22.7 Å². The largest absolute Gasteiger partial charge is 0.497 e. The van der Waals surface area contributed by atoms with Gasteiger partial charge in [-0.25, -0.2) is 8.42 Å². The first-order valence-electron chi connectivity index (χ1n) is 14.4. The van der Waals surface area contributed by atoms with Gasteiger partial charge in [0.1, 0.15) is 18.3 Å². The molecule has 1 fully saturated rings. The Balaban J connectivity index is 1.74. The van der Waals surface area contributed by atoms with E-state index in [1.165, 1.54) is 29.2 Å². The number of rotatable bonds is 12. The van der Waals surface area contributed by atoms with Gasteiger partial charge in [-0.2, -0.15) is 0 Å². The van der Waals surface area contributed by atoms with Gasteiger partial charge < -0.3 is 15.0 Å². The van der Waals surface area contributed by atoms with Gasteiger partial charge in [-0.05, 0) is 67.3 Å². The summed E-state index contributed by atoms with van der Waals surface area (Å²) in [6.45, 7) is 1.30. The molecule has 1 atom stereocenters. The average molecular weight is 647 g/mol. The van der Waals surface area contributed by atoms with Crippen molar-refractivity contribution in [3.8, 4) is 5.75 Å². The predicted octanol–water partition coefficient (Wildman–Crippen LogP) is 6.45. The molecule has 0 bridgehead atoms. The summed E-state index contributed by atoms with van der Waals surface area (Å²) in [5.74, 6) is -0.225. The van der Waals surface area contributed by atoms with Crippen LogP contribution in [0.5, 0.6) is 5.75 Å². The molecule has 3 aromatic rings. The van der Waals surface area contributed by atoms with Crippen molar-refractivity contribution in [3.05, 3.63) is 88.4 Å². The topological polar surface area (TPSA) is 96.0 Å². The summed E-state index contributed by atoms with van der Waals surface area (Å²) in [4.78, 5) is 29.4. The van der Waals surface area contributed by atoms with Crippen LogP contribution in [0, 0.1) is 0 Å². The van der Waals surface area contributed by atoms with Crippen molar-refractivity contribution in [2.75, 3.05) is 18.0 Å². The van der Waals surface area contributed by atoms with Crippen LogP contribution < -0.4 is 14.4 Å². The minimum atomic E-state index is -4.26. The molecule has 0 aliphatic heterocycles. The number of methoxy groups -OCH3 is 1. The lowest BCUT2D eigenvalue weighted by Crippen LogP contribution is -2.54. The minimum Gasteiger partial charge on any atom is -0.497 e. The summed E-state index contributed by atoms with van der Waals surface area (Å²) in [6.07, 6.45) is 5.34. The third kappa shape index (κ3) is 8.22. The van der Waals surface area contributed by atoms with Gasteiger partial charge in [-0.3, -0.25) is 13.9 Å². The highest BCUT2D eigenvalue weighted by atomic mass is 35.5. The van der Waals surface area contributed by atoms with Gasteiger partial charge in [0.15, 0.2) is 0 Å². The minimum absolute atomic E-state index is 0.0136. The summed E-state index contributed by atoms with van der Waals surface area (Å²) in [5.41, 5.74) is 0.794. The normalized spacial score (nSPS) is 14.5. The van der Waals surface area contributed by atoms with E-state index in [1.54, 1.807) is 49.6 Å². The van der Waals surface area contributed by atoms with Gasteiger partial charge in [0, 0.05) is 17.6 Å². The van der Waals surface area contributed by atoms with Crippen molar-refractivity contribution in [2.45, 2.75) is 69.0 Å². The molecule has 2 amide bonds. The number of ether oxygens (including phenoxy) is 1. The summed E-state index contributed by atoms with van der Waals surface area (Å²) < 4.78 is 34.3. The molecule has 1 saturated carbocycles.